The maximum atomic E-state index is 13.0. The number of nitrogens with zero attached hydrogens (tertiary/aromatic N) is 3. The van der Waals surface area contributed by atoms with Crippen molar-refractivity contribution in [3.8, 4) is 5.69 Å². The summed E-state index contributed by atoms with van der Waals surface area (Å²) in [6.45, 7) is 1.81. The van der Waals surface area contributed by atoms with Gasteiger partial charge in [-0.1, -0.05) is 30.0 Å². The fraction of sp³-hybridized carbons (Fsp3) is 0.118. The Morgan fingerprint density at radius 3 is 2.52 bits per heavy atom. The smallest absolute Gasteiger partial charge is 0.196 e. The fourth-order valence-corrected chi connectivity index (χ4v) is 3.05. The van der Waals surface area contributed by atoms with Gasteiger partial charge in [-0.15, -0.1) is 10.2 Å². The van der Waals surface area contributed by atoms with Crippen LogP contribution < -0.4 is 0 Å². The van der Waals surface area contributed by atoms with E-state index in [-0.39, 0.29) is 16.9 Å². The summed E-state index contributed by atoms with van der Waals surface area (Å²) in [7, 11) is 0. The molecule has 2 aromatic carbocycles. The third-order valence-corrected chi connectivity index (χ3v) is 4.39. The first kappa shape index (κ1) is 15.4. The van der Waals surface area contributed by atoms with Crippen molar-refractivity contribution in [2.45, 2.75) is 17.3 Å². The number of hydrogen-bond donors (Lipinski definition) is 0. The lowest BCUT2D eigenvalue weighted by Crippen LogP contribution is -2.14. The lowest BCUT2D eigenvalue weighted by atomic mass is 10.1. The molecule has 0 spiro atoms. The highest BCUT2D eigenvalue weighted by Gasteiger charge is 2.19. The predicted octanol–water partition coefficient (Wildman–Crippen LogP) is 3.77. The van der Waals surface area contributed by atoms with Gasteiger partial charge in [0, 0.05) is 11.3 Å². The lowest BCUT2D eigenvalue weighted by Gasteiger charge is -2.11. The molecule has 0 fully saturated rings. The van der Waals surface area contributed by atoms with Crippen molar-refractivity contribution in [2.75, 3.05) is 0 Å². The normalized spacial score (nSPS) is 12.1. The number of carbonyl (C=O) groups is 1. The molecule has 0 amide bonds. The molecule has 3 aromatic rings. The molecular weight excluding hydrogens is 313 g/mol. The molecule has 0 bridgehead atoms. The molecule has 0 aliphatic heterocycles. The zero-order chi connectivity index (χ0) is 16.2. The molecule has 1 unspecified atom stereocenters. The third-order valence-electron chi connectivity index (χ3n) is 3.33. The number of aromatic nitrogens is 3. The molecular formula is C17H14FN3OS. The van der Waals surface area contributed by atoms with Crippen LogP contribution in [0.1, 0.15) is 17.3 Å². The van der Waals surface area contributed by atoms with Crippen molar-refractivity contribution >= 4 is 17.5 Å². The minimum absolute atomic E-state index is 0.0717. The molecule has 0 radical (unpaired) electrons. The molecule has 4 nitrogen and oxygen atoms in total. The van der Waals surface area contributed by atoms with E-state index in [0.29, 0.717) is 10.7 Å². The van der Waals surface area contributed by atoms with Crippen LogP contribution in [0.5, 0.6) is 0 Å². The van der Waals surface area contributed by atoms with Crippen LogP contribution >= 0.6 is 11.8 Å². The Morgan fingerprint density at radius 2 is 1.83 bits per heavy atom. The van der Waals surface area contributed by atoms with Crippen LogP contribution in [0, 0.1) is 5.82 Å². The SMILES string of the molecule is CC(Sc1nncn1-c1ccccc1)C(=O)c1ccc(F)cc1. The number of hydrogen-bond acceptors (Lipinski definition) is 4. The van der Waals surface area contributed by atoms with Gasteiger partial charge in [-0.25, -0.2) is 4.39 Å². The molecule has 1 atom stereocenters. The van der Waals surface area contributed by atoms with E-state index >= 15 is 0 Å². The molecule has 0 saturated carbocycles. The first-order valence-electron chi connectivity index (χ1n) is 7.07. The zero-order valence-electron chi connectivity index (χ0n) is 12.4. The summed E-state index contributed by atoms with van der Waals surface area (Å²) < 4.78 is 14.8. The van der Waals surface area contributed by atoms with Crippen LogP contribution in [0.25, 0.3) is 5.69 Å². The molecule has 1 aromatic heterocycles. The van der Waals surface area contributed by atoms with Gasteiger partial charge in [0.15, 0.2) is 10.9 Å². The number of carbonyl (C=O) groups excluding carboxylic acids is 1. The highest BCUT2D eigenvalue weighted by Crippen LogP contribution is 2.26. The van der Waals surface area contributed by atoms with Crippen LogP contribution in [-0.4, -0.2) is 25.8 Å². The average molecular weight is 327 g/mol. The fourth-order valence-electron chi connectivity index (χ4n) is 2.13. The second-order valence-corrected chi connectivity index (χ2v) is 6.26. The highest BCUT2D eigenvalue weighted by molar-refractivity contribution is 8.00. The Morgan fingerprint density at radius 1 is 1.13 bits per heavy atom. The molecule has 1 heterocycles. The summed E-state index contributed by atoms with van der Waals surface area (Å²) in [5.74, 6) is -0.428. The average Bonchev–Trinajstić information content (AvgIpc) is 3.04. The summed E-state index contributed by atoms with van der Waals surface area (Å²) in [4.78, 5) is 12.4. The number of ketones is 1. The quantitative estimate of drug-likeness (QED) is 0.529. The summed E-state index contributed by atoms with van der Waals surface area (Å²) in [6.07, 6.45) is 1.62. The zero-order valence-corrected chi connectivity index (χ0v) is 13.2. The van der Waals surface area contributed by atoms with Crippen LogP contribution in [0.4, 0.5) is 4.39 Å². The van der Waals surface area contributed by atoms with Gasteiger partial charge in [-0.2, -0.15) is 0 Å². The number of rotatable bonds is 5. The maximum absolute atomic E-state index is 13.0. The van der Waals surface area contributed by atoms with E-state index in [9.17, 15) is 9.18 Å². The van der Waals surface area contributed by atoms with Gasteiger partial charge in [0.1, 0.15) is 12.1 Å². The Kier molecular flexibility index (Phi) is 4.52. The van der Waals surface area contributed by atoms with Crippen LogP contribution in [0.3, 0.4) is 0 Å². The van der Waals surface area contributed by atoms with Gasteiger partial charge in [0.05, 0.1) is 5.25 Å². The van der Waals surface area contributed by atoms with E-state index in [4.69, 9.17) is 0 Å². The topological polar surface area (TPSA) is 47.8 Å². The second kappa shape index (κ2) is 6.75. The van der Waals surface area contributed by atoms with Gasteiger partial charge in [0.2, 0.25) is 0 Å². The molecule has 6 heteroatoms. The first-order valence-corrected chi connectivity index (χ1v) is 7.95. The van der Waals surface area contributed by atoms with Gasteiger partial charge in [0.25, 0.3) is 0 Å². The number of benzene rings is 2. The Hall–Kier alpha value is -2.47. The molecule has 0 saturated heterocycles. The largest absolute Gasteiger partial charge is 0.293 e. The number of para-hydroxylation sites is 1. The predicted molar refractivity (Wildman–Crippen MR) is 87.4 cm³/mol. The monoisotopic (exact) mass is 327 g/mol. The molecule has 0 aliphatic carbocycles. The molecule has 0 N–H and O–H groups in total. The van der Waals surface area contributed by atoms with Crippen molar-refractivity contribution in [3.63, 3.8) is 0 Å². The van der Waals surface area contributed by atoms with E-state index in [1.54, 1.807) is 13.3 Å². The summed E-state index contributed by atoms with van der Waals surface area (Å²) in [5.41, 5.74) is 1.42. The van der Waals surface area contributed by atoms with Gasteiger partial charge >= 0.3 is 0 Å². The van der Waals surface area contributed by atoms with E-state index < -0.39 is 0 Å². The minimum atomic E-state index is -0.356. The van der Waals surface area contributed by atoms with Gasteiger partial charge < -0.3 is 0 Å². The van der Waals surface area contributed by atoms with E-state index in [2.05, 4.69) is 10.2 Å². The van der Waals surface area contributed by atoms with Crippen molar-refractivity contribution in [1.82, 2.24) is 14.8 Å². The van der Waals surface area contributed by atoms with E-state index in [1.807, 2.05) is 34.9 Å². The first-order chi connectivity index (χ1) is 11.1. The van der Waals surface area contributed by atoms with Crippen molar-refractivity contribution in [2.24, 2.45) is 0 Å². The van der Waals surface area contributed by atoms with E-state index in [1.165, 1.54) is 36.0 Å². The maximum Gasteiger partial charge on any atom is 0.196 e. The summed E-state index contributed by atoms with van der Waals surface area (Å²) >= 11 is 1.32. The molecule has 116 valence electrons. The van der Waals surface area contributed by atoms with Crippen molar-refractivity contribution in [3.05, 3.63) is 72.3 Å². The Labute approximate surface area is 137 Å². The second-order valence-electron chi connectivity index (χ2n) is 4.95. The molecule has 0 aliphatic rings. The third kappa shape index (κ3) is 3.48. The Balaban J connectivity index is 1.79. The summed E-state index contributed by atoms with van der Waals surface area (Å²) in [5, 5.41) is 8.30. The van der Waals surface area contributed by atoms with Crippen molar-refractivity contribution < 1.29 is 9.18 Å². The van der Waals surface area contributed by atoms with Crippen LogP contribution in [0.2, 0.25) is 0 Å². The number of Topliss-reactive ketones (excluding diaryl/α,β-unsaturated/α-hetero) is 1. The minimum Gasteiger partial charge on any atom is -0.293 e. The van der Waals surface area contributed by atoms with E-state index in [0.717, 1.165) is 5.69 Å². The summed E-state index contributed by atoms with van der Waals surface area (Å²) in [6, 6.07) is 15.2. The number of halogens is 1. The Bertz CT molecular complexity index is 802. The standard InChI is InChI=1S/C17H14FN3OS/c1-12(16(22)13-7-9-14(18)10-8-13)23-17-20-19-11-21(17)15-5-3-2-4-6-15/h2-12H,1H3. The van der Waals surface area contributed by atoms with Crippen LogP contribution in [0.15, 0.2) is 66.1 Å². The van der Waals surface area contributed by atoms with Gasteiger partial charge in [-0.3, -0.25) is 9.36 Å². The highest BCUT2D eigenvalue weighted by atomic mass is 32.2. The van der Waals surface area contributed by atoms with Crippen LogP contribution in [-0.2, 0) is 0 Å². The molecule has 3 rings (SSSR count). The molecule has 23 heavy (non-hydrogen) atoms. The number of thioether (sulfide) groups is 1. The van der Waals surface area contributed by atoms with Crippen molar-refractivity contribution in [1.29, 1.82) is 0 Å². The van der Waals surface area contributed by atoms with Gasteiger partial charge in [-0.05, 0) is 43.3 Å². The lowest BCUT2D eigenvalue weighted by molar-refractivity contribution is 0.0994.